The molecule has 0 spiro atoms. The van der Waals surface area contributed by atoms with Crippen LogP contribution in [0.2, 0.25) is 0 Å². The molecule has 1 aromatic carbocycles. The lowest BCUT2D eigenvalue weighted by molar-refractivity contribution is -0.121. The molecule has 0 aliphatic heterocycles. The molecule has 0 atom stereocenters. The Morgan fingerprint density at radius 2 is 1.50 bits per heavy atom. The summed E-state index contributed by atoms with van der Waals surface area (Å²) in [5, 5.41) is 5.37. The van der Waals surface area contributed by atoms with Gasteiger partial charge >= 0.3 is 6.09 Å². The molecule has 0 radical (unpaired) electrons. The molecule has 28 heavy (non-hydrogen) atoms. The molecule has 0 aliphatic carbocycles. The van der Waals surface area contributed by atoms with Crippen molar-refractivity contribution in [2.45, 2.75) is 13.0 Å². The number of amides is 2. The summed E-state index contributed by atoms with van der Waals surface area (Å²) in [5.74, 6) is -0.121. The topological polar surface area (TPSA) is 123 Å². The van der Waals surface area contributed by atoms with Gasteiger partial charge in [0.25, 0.3) is 0 Å². The van der Waals surface area contributed by atoms with Gasteiger partial charge in [-0.1, -0.05) is 30.3 Å². The molecular weight excluding hydrogens is 429 g/mol. The Kier molecular flexibility index (Phi) is 22.9. The first-order valence-corrected chi connectivity index (χ1v) is 8.49. The smallest absolute Gasteiger partial charge is 0.407 e. The van der Waals surface area contributed by atoms with E-state index in [-0.39, 0.29) is 62.7 Å². The van der Waals surface area contributed by atoms with E-state index in [1.54, 1.807) is 0 Å². The third-order valence-corrected chi connectivity index (χ3v) is 3.48. The molecule has 0 aliphatic rings. The highest BCUT2D eigenvalue weighted by Gasteiger charge is 2.06. The molecular formula is C17H32Cl3N5O3. The molecule has 0 bridgehead atoms. The van der Waals surface area contributed by atoms with Crippen molar-refractivity contribution in [3.05, 3.63) is 35.9 Å². The standard InChI is InChI=1S/C17H29N5O3.3ClH/c18-7-11-22(12-8-19)13-10-20-16(23)6-9-21-17(24)25-14-15-4-2-1-3-5-15;;;/h1-5H,6-14,18-19H2,(H,20,23)(H,21,24);3*1H. The van der Waals surface area contributed by atoms with Crippen molar-refractivity contribution < 1.29 is 14.3 Å². The minimum absolute atomic E-state index is 0. The summed E-state index contributed by atoms with van der Waals surface area (Å²) in [4.78, 5) is 25.4. The van der Waals surface area contributed by atoms with Gasteiger partial charge in [0.2, 0.25) is 5.91 Å². The second-order valence-corrected chi connectivity index (χ2v) is 5.51. The zero-order chi connectivity index (χ0) is 18.3. The van der Waals surface area contributed by atoms with Crippen molar-refractivity contribution >= 4 is 49.2 Å². The quantitative estimate of drug-likeness (QED) is 0.367. The van der Waals surface area contributed by atoms with Crippen molar-refractivity contribution in [1.29, 1.82) is 0 Å². The molecule has 0 aromatic heterocycles. The van der Waals surface area contributed by atoms with E-state index in [0.717, 1.165) is 18.7 Å². The molecule has 0 unspecified atom stereocenters. The number of alkyl carbamates (subject to hydrolysis) is 1. The number of rotatable bonds is 12. The predicted octanol–water partition coefficient (Wildman–Crippen LogP) is 0.904. The van der Waals surface area contributed by atoms with Gasteiger partial charge in [0, 0.05) is 52.2 Å². The van der Waals surface area contributed by atoms with E-state index in [2.05, 4.69) is 15.5 Å². The summed E-state index contributed by atoms with van der Waals surface area (Å²) in [6.45, 7) is 4.28. The summed E-state index contributed by atoms with van der Waals surface area (Å²) < 4.78 is 5.06. The summed E-state index contributed by atoms with van der Waals surface area (Å²) in [7, 11) is 0. The van der Waals surface area contributed by atoms with Gasteiger partial charge in [-0.25, -0.2) is 4.79 Å². The molecule has 0 saturated heterocycles. The Labute approximate surface area is 185 Å². The number of hydrogen-bond acceptors (Lipinski definition) is 6. The Balaban J connectivity index is -0.00000208. The first-order valence-electron chi connectivity index (χ1n) is 8.49. The minimum atomic E-state index is -0.534. The first-order chi connectivity index (χ1) is 12.2. The van der Waals surface area contributed by atoms with Crippen LogP contribution in [0.15, 0.2) is 30.3 Å². The Morgan fingerprint density at radius 3 is 2.07 bits per heavy atom. The maximum Gasteiger partial charge on any atom is 0.407 e. The van der Waals surface area contributed by atoms with Crippen molar-refractivity contribution in [3.8, 4) is 0 Å². The van der Waals surface area contributed by atoms with Crippen molar-refractivity contribution in [3.63, 3.8) is 0 Å². The minimum Gasteiger partial charge on any atom is -0.445 e. The number of ether oxygens (including phenoxy) is 1. The maximum atomic E-state index is 11.7. The van der Waals surface area contributed by atoms with Crippen LogP contribution in [-0.2, 0) is 16.1 Å². The summed E-state index contributed by atoms with van der Waals surface area (Å²) in [5.41, 5.74) is 12.0. The second kappa shape index (κ2) is 20.4. The van der Waals surface area contributed by atoms with Crippen molar-refractivity contribution in [1.82, 2.24) is 15.5 Å². The van der Waals surface area contributed by atoms with Crippen LogP contribution in [0.3, 0.4) is 0 Å². The lowest BCUT2D eigenvalue weighted by Crippen LogP contribution is -2.40. The van der Waals surface area contributed by atoms with Gasteiger partial charge in [-0.2, -0.15) is 0 Å². The van der Waals surface area contributed by atoms with E-state index in [1.165, 1.54) is 0 Å². The molecule has 0 heterocycles. The van der Waals surface area contributed by atoms with Crippen LogP contribution in [0.25, 0.3) is 0 Å². The summed E-state index contributed by atoms with van der Waals surface area (Å²) in [6, 6.07) is 9.40. The van der Waals surface area contributed by atoms with E-state index in [9.17, 15) is 9.59 Å². The summed E-state index contributed by atoms with van der Waals surface area (Å²) in [6.07, 6.45) is -0.331. The van der Waals surface area contributed by atoms with E-state index in [0.29, 0.717) is 26.2 Å². The van der Waals surface area contributed by atoms with Crippen molar-refractivity contribution in [2.24, 2.45) is 11.5 Å². The van der Waals surface area contributed by atoms with Gasteiger partial charge in [-0.05, 0) is 5.56 Å². The van der Waals surface area contributed by atoms with E-state index in [4.69, 9.17) is 16.2 Å². The van der Waals surface area contributed by atoms with Gasteiger partial charge in [-0.15, -0.1) is 37.2 Å². The molecule has 0 fully saturated rings. The fourth-order valence-corrected chi connectivity index (χ4v) is 2.19. The number of hydrogen-bond donors (Lipinski definition) is 4. The largest absolute Gasteiger partial charge is 0.445 e. The average Bonchev–Trinajstić information content (AvgIpc) is 2.61. The number of carbonyl (C=O) groups is 2. The van der Waals surface area contributed by atoms with Crippen LogP contribution < -0.4 is 22.1 Å². The zero-order valence-electron chi connectivity index (χ0n) is 15.8. The maximum absolute atomic E-state index is 11.7. The number of halogens is 3. The Hall–Kier alpha value is -1.29. The van der Waals surface area contributed by atoms with Crippen LogP contribution in [0.4, 0.5) is 4.79 Å². The predicted molar refractivity (Wildman–Crippen MR) is 119 cm³/mol. The van der Waals surface area contributed by atoms with E-state index in [1.807, 2.05) is 30.3 Å². The third-order valence-electron chi connectivity index (χ3n) is 3.48. The normalized spacial score (nSPS) is 9.39. The molecule has 1 rings (SSSR count). The lowest BCUT2D eigenvalue weighted by atomic mass is 10.2. The zero-order valence-corrected chi connectivity index (χ0v) is 18.3. The molecule has 8 nitrogen and oxygen atoms in total. The van der Waals surface area contributed by atoms with Crippen LogP contribution in [0, 0.1) is 0 Å². The lowest BCUT2D eigenvalue weighted by Gasteiger charge is -2.20. The molecule has 2 amide bonds. The fourth-order valence-electron chi connectivity index (χ4n) is 2.19. The Bertz CT molecular complexity index is 506. The number of nitrogens with one attached hydrogen (secondary N) is 2. The molecule has 1 aromatic rings. The second-order valence-electron chi connectivity index (χ2n) is 5.51. The SMILES string of the molecule is Cl.Cl.Cl.NCCN(CCN)CCNC(=O)CCNC(=O)OCc1ccccc1. The van der Waals surface area contributed by atoms with Gasteiger partial charge < -0.3 is 26.8 Å². The molecule has 6 N–H and O–H groups in total. The summed E-state index contributed by atoms with van der Waals surface area (Å²) >= 11 is 0. The molecule has 164 valence electrons. The van der Waals surface area contributed by atoms with E-state index < -0.39 is 6.09 Å². The van der Waals surface area contributed by atoms with Crippen molar-refractivity contribution in [2.75, 3.05) is 45.8 Å². The van der Waals surface area contributed by atoms with Crippen LogP contribution in [-0.4, -0.2) is 62.7 Å². The van der Waals surface area contributed by atoms with Crippen LogP contribution >= 0.6 is 37.2 Å². The highest BCUT2D eigenvalue weighted by Crippen LogP contribution is 2.00. The number of nitrogens with two attached hydrogens (primary N) is 2. The fraction of sp³-hybridized carbons (Fsp3) is 0.529. The van der Waals surface area contributed by atoms with E-state index >= 15 is 0 Å². The van der Waals surface area contributed by atoms with Gasteiger partial charge in [0.1, 0.15) is 6.61 Å². The average molecular weight is 461 g/mol. The highest BCUT2D eigenvalue weighted by atomic mass is 35.5. The number of nitrogens with zero attached hydrogens (tertiary/aromatic N) is 1. The third kappa shape index (κ3) is 15.7. The first kappa shape index (κ1) is 31.4. The van der Waals surface area contributed by atoms with Crippen LogP contribution in [0.5, 0.6) is 0 Å². The monoisotopic (exact) mass is 459 g/mol. The molecule has 11 heteroatoms. The molecule has 0 saturated carbocycles. The Morgan fingerprint density at radius 1 is 0.893 bits per heavy atom. The van der Waals surface area contributed by atoms with Crippen LogP contribution in [0.1, 0.15) is 12.0 Å². The highest BCUT2D eigenvalue weighted by molar-refractivity contribution is 5.86. The van der Waals surface area contributed by atoms with Gasteiger partial charge in [0.15, 0.2) is 0 Å². The van der Waals surface area contributed by atoms with Gasteiger partial charge in [0.05, 0.1) is 0 Å². The number of carbonyl (C=O) groups excluding carboxylic acids is 2. The number of benzene rings is 1. The van der Waals surface area contributed by atoms with Gasteiger partial charge in [-0.3, -0.25) is 9.69 Å².